The monoisotopic (exact) mass is 903 g/mol. The molecular weight excluding hydrogens is 850 g/mol. The van der Waals surface area contributed by atoms with E-state index >= 15 is 0 Å². The summed E-state index contributed by atoms with van der Waals surface area (Å²) < 4.78 is 42.8. The minimum Gasteiger partial charge on any atom is -0.496 e. The van der Waals surface area contributed by atoms with Crippen LogP contribution in [0.4, 0.5) is 5.69 Å². The van der Waals surface area contributed by atoms with E-state index in [0.717, 1.165) is 47.3 Å². The first-order valence-electron chi connectivity index (χ1n) is 21.5. The quantitative estimate of drug-likeness (QED) is 0.139. The molecule has 1 aliphatic carbocycles. The van der Waals surface area contributed by atoms with Crippen molar-refractivity contribution in [3.05, 3.63) is 76.3 Å². The van der Waals surface area contributed by atoms with Crippen LogP contribution in [-0.4, -0.2) is 95.8 Å². The first kappa shape index (κ1) is 43.9. The lowest BCUT2D eigenvalue weighted by molar-refractivity contribution is -0.140. The number of aromatic nitrogens is 2. The number of hydrogen-bond acceptors (Lipinski definition) is 11. The summed E-state index contributed by atoms with van der Waals surface area (Å²) in [5.41, 5.74) is 2.24. The van der Waals surface area contributed by atoms with Crippen LogP contribution in [0.5, 0.6) is 11.5 Å². The normalized spacial score (nSPS) is 24.8. The van der Waals surface area contributed by atoms with Gasteiger partial charge in [0.25, 0.3) is 5.91 Å². The molecule has 2 aromatic carbocycles. The number of fused-ring (bicyclic) bond motifs is 3. The van der Waals surface area contributed by atoms with E-state index in [0.29, 0.717) is 65.8 Å². The van der Waals surface area contributed by atoms with Gasteiger partial charge < -0.3 is 25.0 Å². The Morgan fingerprint density at radius 3 is 2.60 bits per heavy atom. The molecule has 3 fully saturated rings. The summed E-state index contributed by atoms with van der Waals surface area (Å²) in [5, 5.41) is 10.4. The molecule has 0 radical (unpaired) electrons. The molecule has 0 unspecified atom stereocenters. The largest absolute Gasteiger partial charge is 0.496 e. The van der Waals surface area contributed by atoms with Gasteiger partial charge >= 0.3 is 10.2 Å². The molecule has 4 aliphatic rings. The maximum absolute atomic E-state index is 14.9. The van der Waals surface area contributed by atoms with Crippen LogP contribution in [0.25, 0.3) is 21.6 Å². The van der Waals surface area contributed by atoms with Crippen LogP contribution < -0.4 is 24.8 Å². The number of thiazole rings is 1. The number of rotatable bonds is 10. The molecular formula is C45H54ClN7O7S2. The lowest BCUT2D eigenvalue weighted by Gasteiger charge is -2.30. The van der Waals surface area contributed by atoms with E-state index in [9.17, 15) is 22.8 Å². The van der Waals surface area contributed by atoms with Gasteiger partial charge in [-0.3, -0.25) is 14.4 Å². The Hall–Kier alpha value is -4.77. The number of carbonyl (C=O) groups is 3. The Morgan fingerprint density at radius 2 is 1.85 bits per heavy atom. The Bertz CT molecular complexity index is 2490. The second-order valence-corrected chi connectivity index (χ2v) is 20.1. The Labute approximate surface area is 372 Å². The number of hydrogen-bond donors (Lipinski definition) is 3. The molecule has 2 saturated heterocycles. The number of benzene rings is 2. The van der Waals surface area contributed by atoms with Crippen molar-refractivity contribution in [2.24, 2.45) is 5.92 Å². The molecule has 14 nitrogen and oxygen atoms in total. The Balaban J connectivity index is 1.15. The predicted molar refractivity (Wildman–Crippen MR) is 241 cm³/mol. The number of aryl methyl sites for hydroxylation is 1. The highest BCUT2D eigenvalue weighted by atomic mass is 35.5. The van der Waals surface area contributed by atoms with Crippen molar-refractivity contribution in [3.63, 3.8) is 0 Å². The molecule has 3 N–H and O–H groups in total. The predicted octanol–water partition coefficient (Wildman–Crippen LogP) is 7.13. The van der Waals surface area contributed by atoms with Gasteiger partial charge in [-0.25, -0.2) is 14.7 Å². The van der Waals surface area contributed by atoms with Gasteiger partial charge in [0, 0.05) is 58.5 Å². The lowest BCUT2D eigenvalue weighted by atomic mass is 10.0. The van der Waals surface area contributed by atoms with Crippen molar-refractivity contribution in [3.8, 4) is 22.2 Å². The number of amides is 3. The number of nitrogens with zero attached hydrogens (tertiary/aromatic N) is 4. The summed E-state index contributed by atoms with van der Waals surface area (Å²) >= 11 is 7.86. The number of nitrogens with one attached hydrogen (secondary N) is 3. The van der Waals surface area contributed by atoms with E-state index < -0.39 is 51.7 Å². The van der Waals surface area contributed by atoms with Crippen LogP contribution in [0.15, 0.2) is 60.0 Å². The van der Waals surface area contributed by atoms with E-state index in [1.165, 1.54) is 15.6 Å². The standard InChI is InChI=1S/C45H54ClN7O7S2/c1-27(2)36-26-61-42(49-36)35-23-39(33-17-18-38(59-4)28(3)40(33)48-35)60-32-22-37-41(54)50-45(44(56)51-62(57,58)52-19-10-11-20-52)24-29(45)13-8-6-5-7-9-16-34(43(55)53(37)25-32)47-31-15-12-14-30(46)21-31/h8,12-15,17-18,21,23,26-27,29,32,34,37,47H,5-7,9-11,16,19-20,22,24-25H2,1-4H3,(H,50,54)(H,51,56)/t29-,32-,34+,37+,45-/m1/s1. The molecule has 5 heterocycles. The second-order valence-electron chi connectivity index (χ2n) is 17.1. The van der Waals surface area contributed by atoms with Crippen molar-refractivity contribution in [1.82, 2.24) is 29.2 Å². The number of halogens is 1. The topological polar surface area (TPSA) is 172 Å². The van der Waals surface area contributed by atoms with E-state index in [-0.39, 0.29) is 31.2 Å². The number of anilines is 1. The average molecular weight is 905 g/mol. The van der Waals surface area contributed by atoms with Gasteiger partial charge in [-0.15, -0.1) is 11.3 Å². The molecule has 1 saturated carbocycles. The maximum atomic E-state index is 14.9. The fourth-order valence-electron chi connectivity index (χ4n) is 8.80. The Kier molecular flexibility index (Phi) is 12.8. The van der Waals surface area contributed by atoms with Crippen molar-refractivity contribution >= 4 is 67.5 Å². The van der Waals surface area contributed by atoms with Gasteiger partial charge in [0.05, 0.1) is 24.9 Å². The zero-order chi connectivity index (χ0) is 43.8. The molecule has 3 amide bonds. The molecule has 8 rings (SSSR count). The van der Waals surface area contributed by atoms with Gasteiger partial charge in [0.15, 0.2) is 0 Å². The molecule has 4 aromatic rings. The SMILES string of the molecule is COc1ccc2c(O[C@@H]3C[C@H]4C(=O)N[C@]5(C(=O)NS(=O)(=O)N6CCCC6)C[C@H]5C=CCCCCC[C@H](Nc5cccc(Cl)c5)C(=O)N4C3)cc(-c3nc(C(C)C)cs3)nc2c1C. The summed E-state index contributed by atoms with van der Waals surface area (Å²) in [6.45, 7) is 6.82. The van der Waals surface area contributed by atoms with Gasteiger partial charge in [-0.05, 0) is 81.7 Å². The number of pyridine rings is 1. The molecule has 0 spiro atoms. The summed E-state index contributed by atoms with van der Waals surface area (Å²) in [6.07, 6.45) is 8.68. The van der Waals surface area contributed by atoms with E-state index in [1.54, 1.807) is 24.1 Å². The van der Waals surface area contributed by atoms with Crippen molar-refractivity contribution in [2.75, 3.05) is 32.1 Å². The third-order valence-electron chi connectivity index (χ3n) is 12.4. The van der Waals surface area contributed by atoms with Crippen molar-refractivity contribution < 1.29 is 32.3 Å². The van der Waals surface area contributed by atoms with Crippen LogP contribution in [-0.2, 0) is 24.6 Å². The van der Waals surface area contributed by atoms with Crippen molar-refractivity contribution in [2.45, 2.75) is 108 Å². The highest BCUT2D eigenvalue weighted by molar-refractivity contribution is 7.87. The van der Waals surface area contributed by atoms with E-state index in [2.05, 4.69) is 29.2 Å². The Morgan fingerprint density at radius 1 is 1.05 bits per heavy atom. The van der Waals surface area contributed by atoms with Crippen LogP contribution >= 0.6 is 22.9 Å². The number of ether oxygens (including phenoxy) is 2. The highest BCUT2D eigenvalue weighted by Gasteiger charge is 2.62. The minimum atomic E-state index is -4.13. The van der Waals surface area contributed by atoms with Crippen LogP contribution in [0.1, 0.15) is 88.8 Å². The molecule has 0 bridgehead atoms. The number of carbonyl (C=O) groups excluding carboxylic acids is 3. The summed E-state index contributed by atoms with van der Waals surface area (Å²) in [4.78, 5) is 55.3. The van der Waals surface area contributed by atoms with Crippen molar-refractivity contribution in [1.29, 1.82) is 0 Å². The molecule has 17 heteroatoms. The first-order chi connectivity index (χ1) is 29.8. The van der Waals surface area contributed by atoms with Crippen LogP contribution in [0, 0.1) is 12.8 Å². The fourth-order valence-corrected chi connectivity index (χ4v) is 11.2. The van der Waals surface area contributed by atoms with E-state index in [4.69, 9.17) is 31.0 Å². The third-order valence-corrected chi connectivity index (χ3v) is 15.0. The van der Waals surface area contributed by atoms with Crippen LogP contribution in [0.3, 0.4) is 0 Å². The molecule has 2 aromatic heterocycles. The summed E-state index contributed by atoms with van der Waals surface area (Å²) in [6, 6.07) is 11.0. The number of methoxy groups -OCH3 is 1. The second kappa shape index (κ2) is 18.1. The fraction of sp³-hybridized carbons (Fsp3) is 0.489. The smallest absolute Gasteiger partial charge is 0.303 e. The summed E-state index contributed by atoms with van der Waals surface area (Å²) in [5.74, 6) is -0.658. The zero-order valence-electron chi connectivity index (χ0n) is 35.5. The average Bonchev–Trinajstić information content (AvgIpc) is 3.75. The molecule has 62 heavy (non-hydrogen) atoms. The number of allylic oxidation sites excluding steroid dienone is 1. The summed E-state index contributed by atoms with van der Waals surface area (Å²) in [7, 11) is -2.51. The zero-order valence-corrected chi connectivity index (χ0v) is 37.9. The molecule has 5 atom stereocenters. The van der Waals surface area contributed by atoms with Gasteiger partial charge in [-0.1, -0.05) is 56.5 Å². The van der Waals surface area contributed by atoms with E-state index in [1.807, 2.05) is 54.8 Å². The minimum absolute atomic E-state index is 0.0690. The molecule has 3 aliphatic heterocycles. The third kappa shape index (κ3) is 9.15. The molecule has 330 valence electrons. The highest BCUT2D eigenvalue weighted by Crippen LogP contribution is 2.46. The van der Waals surface area contributed by atoms with Crippen LogP contribution in [0.2, 0.25) is 5.02 Å². The van der Waals surface area contributed by atoms with Gasteiger partial charge in [0.2, 0.25) is 11.8 Å². The first-order valence-corrected chi connectivity index (χ1v) is 24.2. The van der Waals surface area contributed by atoms with Gasteiger partial charge in [-0.2, -0.15) is 12.7 Å². The maximum Gasteiger partial charge on any atom is 0.303 e. The van der Waals surface area contributed by atoms with Gasteiger partial charge in [0.1, 0.15) is 45.9 Å². The lowest BCUT2D eigenvalue weighted by Crippen LogP contribution is -2.58.